The minimum absolute atomic E-state index is 0.109. The second-order valence-corrected chi connectivity index (χ2v) is 8.76. The van der Waals surface area contributed by atoms with Gasteiger partial charge in [-0.25, -0.2) is 9.18 Å². The van der Waals surface area contributed by atoms with Crippen LogP contribution in [0.15, 0.2) is 66.7 Å². The number of nitriles is 1. The number of aliphatic hydroxyl groups excluding tert-OH is 1. The maximum atomic E-state index is 14.0. The minimum Gasteiger partial charge on any atom is -0.392 e. The van der Waals surface area contributed by atoms with Gasteiger partial charge in [-0.3, -0.25) is 9.80 Å². The largest absolute Gasteiger partial charge is 0.419 e. The number of carbonyl (C=O) groups is 1. The third kappa shape index (κ3) is 6.44. The highest BCUT2D eigenvalue weighted by molar-refractivity contribution is 6.01. The molecule has 2 N–H and O–H groups in total. The van der Waals surface area contributed by atoms with Crippen LogP contribution in [0.5, 0.6) is 0 Å². The van der Waals surface area contributed by atoms with E-state index in [1.165, 1.54) is 4.90 Å². The Labute approximate surface area is 211 Å². The van der Waals surface area contributed by atoms with Crippen molar-refractivity contribution in [3.63, 3.8) is 0 Å². The molecule has 0 saturated carbocycles. The number of amides is 2. The minimum atomic E-state index is -4.84. The van der Waals surface area contributed by atoms with Crippen molar-refractivity contribution in [2.45, 2.75) is 18.7 Å². The van der Waals surface area contributed by atoms with Gasteiger partial charge in [0, 0.05) is 37.6 Å². The smallest absolute Gasteiger partial charge is 0.392 e. The Balaban J connectivity index is 1.56. The molecule has 1 heterocycles. The lowest BCUT2D eigenvalue weighted by Crippen LogP contribution is -2.40. The van der Waals surface area contributed by atoms with Gasteiger partial charge < -0.3 is 10.4 Å². The van der Waals surface area contributed by atoms with Crippen molar-refractivity contribution in [3.05, 3.63) is 83.7 Å². The van der Waals surface area contributed by atoms with Crippen LogP contribution in [0.25, 0.3) is 11.1 Å². The number of nitrogens with one attached hydrogen (secondary N) is 1. The fraction of sp³-hybridized carbons (Fsp3) is 0.259. The lowest BCUT2D eigenvalue weighted by molar-refractivity contribution is -0.139. The van der Waals surface area contributed by atoms with Gasteiger partial charge >= 0.3 is 12.2 Å². The predicted octanol–water partition coefficient (Wildman–Crippen LogP) is 5.49. The van der Waals surface area contributed by atoms with Crippen LogP contribution in [-0.4, -0.2) is 48.3 Å². The summed E-state index contributed by atoms with van der Waals surface area (Å²) in [5.74, 6) is -1.48. The summed E-state index contributed by atoms with van der Waals surface area (Å²) in [5.41, 5.74) is 1.17. The molecule has 2 amide bonds. The summed E-state index contributed by atoms with van der Waals surface area (Å²) in [6.45, 7) is 1.84. The van der Waals surface area contributed by atoms with Gasteiger partial charge in [0.2, 0.25) is 0 Å². The van der Waals surface area contributed by atoms with Crippen molar-refractivity contribution < 1.29 is 27.5 Å². The molecule has 3 aromatic carbocycles. The maximum Gasteiger partial charge on any atom is 0.419 e. The van der Waals surface area contributed by atoms with E-state index in [1.807, 2.05) is 11.0 Å². The van der Waals surface area contributed by atoms with Gasteiger partial charge in [0.1, 0.15) is 5.82 Å². The lowest BCUT2D eigenvalue weighted by Gasteiger charge is -2.26. The number of carbonyl (C=O) groups excluding carboxylic acids is 1. The Hall–Kier alpha value is -3.94. The average Bonchev–Trinajstić information content (AvgIpc) is 3.28. The highest BCUT2D eigenvalue weighted by Crippen LogP contribution is 2.32. The molecule has 0 bridgehead atoms. The lowest BCUT2D eigenvalue weighted by atomic mass is 10.0. The second-order valence-electron chi connectivity index (χ2n) is 8.76. The van der Waals surface area contributed by atoms with Crippen molar-refractivity contribution >= 4 is 17.4 Å². The molecule has 1 atom stereocenters. The van der Waals surface area contributed by atoms with E-state index >= 15 is 0 Å². The Morgan fingerprint density at radius 3 is 2.49 bits per heavy atom. The van der Waals surface area contributed by atoms with Crippen molar-refractivity contribution in [3.8, 4) is 17.2 Å². The van der Waals surface area contributed by atoms with Crippen LogP contribution < -0.4 is 10.2 Å². The number of aliphatic hydroxyl groups is 1. The van der Waals surface area contributed by atoms with Crippen molar-refractivity contribution in [1.29, 1.82) is 5.26 Å². The molecule has 3 aromatic rings. The zero-order chi connectivity index (χ0) is 26.6. The highest BCUT2D eigenvalue weighted by atomic mass is 19.4. The number of benzene rings is 3. The third-order valence-electron chi connectivity index (χ3n) is 6.16. The first kappa shape index (κ1) is 26.1. The standard InChI is InChI=1S/C27H24F4N4O2/c28-25-15-21(6-9-24(25)27(29,30)31)33-26(37)35(13-12-34-11-10-23(36)17-34)22-7-4-19(5-8-22)20-3-1-2-18(14-20)16-32/h1-9,14-15,23,36H,10-13,17H2,(H,33,37)/t23-/m0/s1. The molecule has 1 aliphatic heterocycles. The molecular formula is C27H24F4N4O2. The van der Waals surface area contributed by atoms with Crippen LogP contribution in [0.3, 0.4) is 0 Å². The molecule has 0 spiro atoms. The molecular weight excluding hydrogens is 488 g/mol. The topological polar surface area (TPSA) is 79.6 Å². The van der Waals surface area contributed by atoms with Gasteiger partial charge in [0.15, 0.2) is 0 Å². The van der Waals surface area contributed by atoms with E-state index in [-0.39, 0.29) is 12.2 Å². The highest BCUT2D eigenvalue weighted by Gasteiger charge is 2.34. The Morgan fingerprint density at radius 2 is 1.86 bits per heavy atom. The van der Waals surface area contributed by atoms with Gasteiger partial charge in [-0.1, -0.05) is 24.3 Å². The van der Waals surface area contributed by atoms with Crippen LogP contribution in [0.2, 0.25) is 0 Å². The number of halogens is 4. The van der Waals surface area contributed by atoms with Crippen molar-refractivity contribution in [2.24, 2.45) is 0 Å². The molecule has 4 rings (SSSR count). The number of nitrogens with zero attached hydrogens (tertiary/aromatic N) is 3. The average molecular weight is 513 g/mol. The first-order valence-electron chi connectivity index (χ1n) is 11.6. The number of anilines is 2. The molecule has 6 nitrogen and oxygen atoms in total. The van der Waals surface area contributed by atoms with Gasteiger partial charge in [-0.05, 0) is 60.0 Å². The number of rotatable bonds is 6. The Bertz CT molecular complexity index is 1300. The van der Waals surface area contributed by atoms with Crippen LogP contribution in [0, 0.1) is 17.1 Å². The normalized spacial score (nSPS) is 15.8. The molecule has 10 heteroatoms. The van der Waals surface area contributed by atoms with Crippen LogP contribution in [-0.2, 0) is 6.18 Å². The summed E-state index contributed by atoms with van der Waals surface area (Å²) in [4.78, 5) is 16.6. The molecule has 0 radical (unpaired) electrons. The van der Waals surface area contributed by atoms with Crippen LogP contribution in [0.1, 0.15) is 17.5 Å². The third-order valence-corrected chi connectivity index (χ3v) is 6.16. The summed E-state index contributed by atoms with van der Waals surface area (Å²) in [6, 6.07) is 17.8. The zero-order valence-electron chi connectivity index (χ0n) is 19.7. The van der Waals surface area contributed by atoms with Crippen molar-refractivity contribution in [2.75, 3.05) is 36.4 Å². The molecule has 37 heavy (non-hydrogen) atoms. The van der Waals surface area contributed by atoms with Crippen molar-refractivity contribution in [1.82, 2.24) is 4.90 Å². The monoisotopic (exact) mass is 512 g/mol. The molecule has 0 aromatic heterocycles. The van der Waals surface area contributed by atoms with E-state index < -0.39 is 29.7 Å². The predicted molar refractivity (Wildman–Crippen MR) is 131 cm³/mol. The second kappa shape index (κ2) is 11.0. The van der Waals surface area contributed by atoms with E-state index in [9.17, 15) is 27.5 Å². The summed E-state index contributed by atoms with van der Waals surface area (Å²) in [5, 5.41) is 21.4. The summed E-state index contributed by atoms with van der Waals surface area (Å²) in [7, 11) is 0. The SMILES string of the molecule is N#Cc1cccc(-c2ccc(N(CCN3CC[C@H](O)C3)C(=O)Nc3ccc(C(F)(F)F)c(F)c3)cc2)c1. The number of hydrogen-bond acceptors (Lipinski definition) is 4. The number of alkyl halides is 3. The van der Waals surface area contributed by atoms with Gasteiger partial charge in [0.25, 0.3) is 0 Å². The quantitative estimate of drug-likeness (QED) is 0.428. The first-order valence-corrected chi connectivity index (χ1v) is 11.6. The van der Waals surface area contributed by atoms with Gasteiger partial charge in [-0.2, -0.15) is 18.4 Å². The molecule has 192 valence electrons. The van der Waals surface area contributed by atoms with Crippen LogP contribution in [0.4, 0.5) is 33.7 Å². The van der Waals surface area contributed by atoms with Gasteiger partial charge in [-0.15, -0.1) is 0 Å². The van der Waals surface area contributed by atoms with E-state index in [0.29, 0.717) is 49.4 Å². The Morgan fingerprint density at radius 1 is 1.11 bits per heavy atom. The molecule has 1 saturated heterocycles. The number of hydrogen-bond donors (Lipinski definition) is 2. The number of urea groups is 1. The fourth-order valence-electron chi connectivity index (χ4n) is 4.22. The fourth-order valence-corrected chi connectivity index (χ4v) is 4.22. The maximum absolute atomic E-state index is 14.0. The molecule has 0 unspecified atom stereocenters. The van der Waals surface area contributed by atoms with Crippen LogP contribution >= 0.6 is 0 Å². The van der Waals surface area contributed by atoms with E-state index in [4.69, 9.17) is 5.26 Å². The number of β-amino-alcohol motifs (C(OH)–C–C–N with tert-alkyl or cyclic N) is 1. The van der Waals surface area contributed by atoms with Gasteiger partial charge in [0.05, 0.1) is 23.3 Å². The molecule has 0 aliphatic carbocycles. The summed E-state index contributed by atoms with van der Waals surface area (Å²) in [6.07, 6.45) is -4.64. The number of likely N-dealkylation sites (tertiary alicyclic amines) is 1. The van der Waals surface area contributed by atoms with E-state index in [2.05, 4.69) is 11.4 Å². The van der Waals surface area contributed by atoms with E-state index in [0.717, 1.165) is 17.2 Å². The van der Waals surface area contributed by atoms with E-state index in [1.54, 1.807) is 42.5 Å². The Kier molecular flexibility index (Phi) is 7.76. The summed E-state index contributed by atoms with van der Waals surface area (Å²) < 4.78 is 52.7. The first-order chi connectivity index (χ1) is 17.6. The molecule has 1 aliphatic rings. The molecule has 1 fully saturated rings. The summed E-state index contributed by atoms with van der Waals surface area (Å²) >= 11 is 0. The zero-order valence-corrected chi connectivity index (χ0v) is 19.7.